The Balaban J connectivity index is 1.43. The molecule has 1 fully saturated rings. The lowest BCUT2D eigenvalue weighted by Gasteiger charge is -2.19. The molecule has 8 nitrogen and oxygen atoms in total. The Hall–Kier alpha value is -3.00. The maximum Gasteiger partial charge on any atom is 0.255 e. The van der Waals surface area contributed by atoms with E-state index in [1.54, 1.807) is 41.5 Å². The largest absolute Gasteiger partial charge is 0.359 e. The van der Waals surface area contributed by atoms with Crippen molar-refractivity contribution in [3.05, 3.63) is 59.9 Å². The first-order valence-electron chi connectivity index (χ1n) is 8.70. The number of pyridine rings is 1. The highest BCUT2D eigenvalue weighted by Gasteiger charge is 2.20. The van der Waals surface area contributed by atoms with Crippen LogP contribution in [-0.4, -0.2) is 38.9 Å². The average Bonchev–Trinajstić information content (AvgIpc) is 3.39. The lowest BCUT2D eigenvalue weighted by Crippen LogP contribution is -2.26. The number of carbonyl (C=O) groups is 1. The molecule has 1 saturated heterocycles. The van der Waals surface area contributed by atoms with Gasteiger partial charge >= 0.3 is 0 Å². The third-order valence-corrected chi connectivity index (χ3v) is 4.51. The van der Waals surface area contributed by atoms with Crippen LogP contribution in [0.2, 0.25) is 0 Å². The van der Waals surface area contributed by atoms with Crippen LogP contribution in [-0.2, 0) is 6.54 Å². The van der Waals surface area contributed by atoms with E-state index in [2.05, 4.69) is 25.9 Å². The van der Waals surface area contributed by atoms with Crippen molar-refractivity contribution < 1.29 is 9.32 Å². The van der Waals surface area contributed by atoms with Crippen LogP contribution in [0.5, 0.6) is 0 Å². The van der Waals surface area contributed by atoms with E-state index in [0.717, 1.165) is 31.6 Å². The maximum atomic E-state index is 12.6. The van der Waals surface area contributed by atoms with E-state index < -0.39 is 0 Å². The fraction of sp³-hybridized carbons (Fsp3) is 0.333. The number of nitrogens with one attached hydrogen (secondary N) is 2. The molecule has 0 aliphatic carbocycles. The molecular formula is C18H20N6O2. The molecule has 8 heteroatoms. The van der Waals surface area contributed by atoms with E-state index >= 15 is 0 Å². The highest BCUT2D eigenvalue weighted by atomic mass is 16.5. The van der Waals surface area contributed by atoms with Crippen molar-refractivity contribution in [3.63, 3.8) is 0 Å². The number of hydrogen-bond donors (Lipinski definition) is 2. The fourth-order valence-electron chi connectivity index (χ4n) is 3.14. The van der Waals surface area contributed by atoms with E-state index in [1.165, 1.54) is 0 Å². The van der Waals surface area contributed by atoms with Gasteiger partial charge in [0.25, 0.3) is 5.91 Å². The highest BCUT2D eigenvalue weighted by Crippen LogP contribution is 2.24. The minimum absolute atomic E-state index is 0.233. The van der Waals surface area contributed by atoms with Crippen molar-refractivity contribution in [1.82, 2.24) is 30.6 Å². The number of carbonyl (C=O) groups excluding carboxylic acids is 1. The molecule has 4 rings (SSSR count). The lowest BCUT2D eigenvalue weighted by molar-refractivity contribution is 0.0946. The van der Waals surface area contributed by atoms with Crippen molar-refractivity contribution in [3.8, 4) is 5.82 Å². The van der Waals surface area contributed by atoms with Crippen LogP contribution in [0.15, 0.2) is 47.4 Å². The van der Waals surface area contributed by atoms with Crippen LogP contribution in [0.1, 0.15) is 40.6 Å². The quantitative estimate of drug-likeness (QED) is 0.725. The summed E-state index contributed by atoms with van der Waals surface area (Å²) in [5, 5.41) is 14.5. The van der Waals surface area contributed by atoms with E-state index in [9.17, 15) is 4.79 Å². The Morgan fingerprint density at radius 3 is 3.00 bits per heavy atom. The zero-order valence-corrected chi connectivity index (χ0v) is 14.3. The third kappa shape index (κ3) is 3.50. The first-order chi connectivity index (χ1) is 12.8. The van der Waals surface area contributed by atoms with Crippen LogP contribution in [0.3, 0.4) is 0 Å². The van der Waals surface area contributed by atoms with E-state index in [1.807, 2.05) is 6.07 Å². The highest BCUT2D eigenvalue weighted by molar-refractivity contribution is 5.96. The monoisotopic (exact) mass is 352 g/mol. The number of amides is 1. The fourth-order valence-corrected chi connectivity index (χ4v) is 3.14. The molecule has 0 unspecified atom stereocenters. The minimum Gasteiger partial charge on any atom is -0.359 e. The van der Waals surface area contributed by atoms with Crippen LogP contribution < -0.4 is 10.6 Å². The summed E-state index contributed by atoms with van der Waals surface area (Å²) in [6, 6.07) is 7.17. The van der Waals surface area contributed by atoms with Crippen LogP contribution in [0.4, 0.5) is 0 Å². The predicted molar refractivity (Wildman–Crippen MR) is 93.9 cm³/mol. The van der Waals surface area contributed by atoms with Gasteiger partial charge in [-0.05, 0) is 44.1 Å². The molecule has 26 heavy (non-hydrogen) atoms. The van der Waals surface area contributed by atoms with Crippen molar-refractivity contribution >= 4 is 5.91 Å². The van der Waals surface area contributed by atoms with Gasteiger partial charge in [0.05, 0.1) is 17.8 Å². The van der Waals surface area contributed by atoms with Crippen molar-refractivity contribution in [2.24, 2.45) is 0 Å². The molecule has 1 aliphatic heterocycles. The summed E-state index contributed by atoms with van der Waals surface area (Å²) in [7, 11) is 0. The molecule has 3 aromatic heterocycles. The summed E-state index contributed by atoms with van der Waals surface area (Å²) in [5.41, 5.74) is 1.42. The summed E-state index contributed by atoms with van der Waals surface area (Å²) >= 11 is 0. The second-order valence-corrected chi connectivity index (χ2v) is 6.25. The predicted octanol–water partition coefficient (Wildman–Crippen LogP) is 1.65. The Bertz CT molecular complexity index is 867. The summed E-state index contributed by atoms with van der Waals surface area (Å²) in [5.74, 6) is 1.33. The van der Waals surface area contributed by atoms with Crippen molar-refractivity contribution in [1.29, 1.82) is 0 Å². The molecule has 1 amide bonds. The van der Waals surface area contributed by atoms with Gasteiger partial charge in [-0.25, -0.2) is 9.67 Å². The number of hydrogen-bond acceptors (Lipinski definition) is 6. The molecule has 0 bridgehead atoms. The van der Waals surface area contributed by atoms with E-state index in [0.29, 0.717) is 23.1 Å². The Labute approximate surface area is 150 Å². The number of piperidine rings is 1. The Morgan fingerprint density at radius 1 is 1.31 bits per heavy atom. The molecule has 4 heterocycles. The normalized spacial score (nSPS) is 15.1. The minimum atomic E-state index is -0.233. The van der Waals surface area contributed by atoms with Crippen molar-refractivity contribution in [2.45, 2.75) is 25.3 Å². The Morgan fingerprint density at radius 2 is 2.19 bits per heavy atom. The van der Waals surface area contributed by atoms with Crippen molar-refractivity contribution in [2.75, 3.05) is 13.1 Å². The standard InChI is InChI=1S/C18H20N6O2/c25-18(15-3-1-6-20-17(15)24-10-2-7-22-24)21-12-14-11-16(23-26-14)13-4-8-19-9-5-13/h1-3,6-7,10-11,13,19H,4-5,8-9,12H2,(H,21,25). The molecule has 0 atom stereocenters. The van der Waals surface area contributed by atoms with Gasteiger partial charge in [-0.3, -0.25) is 4.79 Å². The SMILES string of the molecule is O=C(NCc1cc(C2CCNCC2)no1)c1cccnc1-n1cccn1. The number of rotatable bonds is 5. The van der Waals surface area contributed by atoms with Gasteiger partial charge in [-0.1, -0.05) is 5.16 Å². The van der Waals surface area contributed by atoms with Gasteiger partial charge in [-0.15, -0.1) is 0 Å². The third-order valence-electron chi connectivity index (χ3n) is 4.51. The van der Waals surface area contributed by atoms with Gasteiger partial charge in [0.1, 0.15) is 0 Å². The zero-order chi connectivity index (χ0) is 17.8. The molecule has 3 aromatic rings. The molecule has 1 aliphatic rings. The lowest BCUT2D eigenvalue weighted by atomic mass is 9.95. The Kier molecular flexibility index (Phi) is 4.74. The van der Waals surface area contributed by atoms with E-state index in [4.69, 9.17) is 4.52 Å². The first kappa shape index (κ1) is 16.5. The second-order valence-electron chi connectivity index (χ2n) is 6.25. The summed E-state index contributed by atoms with van der Waals surface area (Å²) in [6.07, 6.45) is 7.14. The smallest absolute Gasteiger partial charge is 0.255 e. The second kappa shape index (κ2) is 7.49. The summed E-state index contributed by atoms with van der Waals surface area (Å²) < 4.78 is 6.96. The van der Waals surface area contributed by atoms with Crippen LogP contribution >= 0.6 is 0 Å². The number of aromatic nitrogens is 4. The molecule has 134 valence electrons. The zero-order valence-electron chi connectivity index (χ0n) is 14.3. The van der Waals surface area contributed by atoms with Gasteiger partial charge in [0.2, 0.25) is 0 Å². The maximum absolute atomic E-state index is 12.6. The van der Waals surface area contributed by atoms with Crippen LogP contribution in [0, 0.1) is 0 Å². The molecule has 0 radical (unpaired) electrons. The number of nitrogens with zero attached hydrogens (tertiary/aromatic N) is 4. The van der Waals surface area contributed by atoms with Gasteiger partial charge < -0.3 is 15.2 Å². The molecule has 2 N–H and O–H groups in total. The summed E-state index contributed by atoms with van der Waals surface area (Å²) in [6.45, 7) is 2.28. The topological polar surface area (TPSA) is 97.9 Å². The molecule has 0 saturated carbocycles. The molecule has 0 aromatic carbocycles. The van der Waals surface area contributed by atoms with Crippen LogP contribution in [0.25, 0.3) is 5.82 Å². The van der Waals surface area contributed by atoms with E-state index in [-0.39, 0.29) is 12.5 Å². The van der Waals surface area contributed by atoms with Gasteiger partial charge in [0.15, 0.2) is 11.6 Å². The molecule has 0 spiro atoms. The van der Waals surface area contributed by atoms with Gasteiger partial charge in [0, 0.05) is 30.6 Å². The van der Waals surface area contributed by atoms with Gasteiger partial charge in [-0.2, -0.15) is 5.10 Å². The first-order valence-corrected chi connectivity index (χ1v) is 8.70. The summed E-state index contributed by atoms with van der Waals surface area (Å²) in [4.78, 5) is 16.8. The average molecular weight is 352 g/mol. The molecular weight excluding hydrogens is 332 g/mol.